The first-order valence-electron chi connectivity index (χ1n) is 28.4. The summed E-state index contributed by atoms with van der Waals surface area (Å²) < 4.78 is 0. The number of hydrogen-bond donors (Lipinski definition) is 0. The Bertz CT molecular complexity index is 5560. The van der Waals surface area contributed by atoms with Crippen LogP contribution in [0.5, 0.6) is 0 Å². The van der Waals surface area contributed by atoms with Gasteiger partial charge in [-0.05, 0) is 156 Å². The van der Waals surface area contributed by atoms with Crippen molar-refractivity contribution in [2.45, 2.75) is 0 Å². The zero-order chi connectivity index (χ0) is 55.2. The monoisotopic (exact) mass is 1070 g/mol. The van der Waals surface area contributed by atoms with Crippen LogP contribution in [0.3, 0.4) is 0 Å². The molecule has 0 fully saturated rings. The van der Waals surface area contributed by atoms with Crippen LogP contribution in [0.15, 0.2) is 280 Å². The van der Waals surface area contributed by atoms with Gasteiger partial charge in [-0.1, -0.05) is 176 Å². The number of nitrogens with zero attached hydrogens (tertiary/aromatic N) is 6. The van der Waals surface area contributed by atoms with E-state index in [9.17, 15) is 0 Å². The normalized spacial score (nSPS) is 11.8. The number of pyridine rings is 6. The third kappa shape index (κ3) is 7.95. The number of benzene rings is 11. The molecule has 0 aliphatic heterocycles. The lowest BCUT2D eigenvalue weighted by molar-refractivity contribution is 1.40. The largest absolute Gasteiger partial charge is 0.256 e. The minimum absolute atomic E-state index is 0.853. The van der Waals surface area contributed by atoms with E-state index < -0.39 is 0 Å². The lowest BCUT2D eigenvalue weighted by atomic mass is 9.90. The predicted molar refractivity (Wildman–Crippen MR) is 349 cm³/mol. The third-order valence-electron chi connectivity index (χ3n) is 17.0. The second kappa shape index (κ2) is 19.2. The predicted octanol–water partition coefficient (Wildman–Crippen LogP) is 20.1. The van der Waals surface area contributed by atoms with Crippen molar-refractivity contribution in [3.05, 3.63) is 280 Å². The van der Waals surface area contributed by atoms with Gasteiger partial charge in [0.15, 0.2) is 0 Å². The first kappa shape index (κ1) is 47.5. The number of aromatic nitrogens is 6. The first-order chi connectivity index (χ1) is 41.6. The van der Waals surface area contributed by atoms with Gasteiger partial charge in [-0.3, -0.25) is 19.9 Å². The molecule has 0 bridgehead atoms. The Morgan fingerprint density at radius 2 is 0.643 bits per heavy atom. The molecule has 17 aromatic rings. The van der Waals surface area contributed by atoms with E-state index in [-0.39, 0.29) is 0 Å². The van der Waals surface area contributed by atoms with Gasteiger partial charge in [0.1, 0.15) is 0 Å². The van der Waals surface area contributed by atoms with Crippen LogP contribution in [0.1, 0.15) is 0 Å². The van der Waals surface area contributed by atoms with Crippen molar-refractivity contribution in [3.63, 3.8) is 0 Å². The standard InChI is InChI=1S/C78H46N6/c1-2-13-71-65(12-1)73(61-8-3-7-52(44-61)47-14-16-49(17-15-47)54-28-34-69-59(42-54)10-5-37-79-69)68-33-32-64-63(36-40-82-76(64)78(68)83-71)58-27-30-66-72(46-58)84-77-67(31-26-51-9-4-39-81-75(51)77)74(66)62-25-24-56-41-53(22-23-57(56)45-62)48-18-20-50(21-19-48)55-29-35-70-60(43-55)11-6-38-80-70/h1-46H. The fourth-order valence-electron chi connectivity index (χ4n) is 12.8. The highest BCUT2D eigenvalue weighted by atomic mass is 14.8. The summed E-state index contributed by atoms with van der Waals surface area (Å²) in [6.45, 7) is 0. The molecule has 0 unspecified atom stereocenters. The van der Waals surface area contributed by atoms with Crippen molar-refractivity contribution < 1.29 is 0 Å². The average molecular weight is 1070 g/mol. The molecule has 0 atom stereocenters. The molecule has 0 spiro atoms. The summed E-state index contributed by atoms with van der Waals surface area (Å²) in [5.74, 6) is 0. The van der Waals surface area contributed by atoms with E-state index in [1.807, 2.05) is 43.0 Å². The van der Waals surface area contributed by atoms with Gasteiger partial charge in [0.05, 0.1) is 44.1 Å². The molecule has 0 saturated carbocycles. The molecule has 0 radical (unpaired) electrons. The van der Waals surface area contributed by atoms with E-state index in [2.05, 4.69) is 247 Å². The molecule has 0 saturated heterocycles. The van der Waals surface area contributed by atoms with Crippen LogP contribution in [-0.4, -0.2) is 29.9 Å². The molecule has 6 heterocycles. The second-order valence-corrected chi connectivity index (χ2v) is 21.8. The minimum Gasteiger partial charge on any atom is -0.256 e. The topological polar surface area (TPSA) is 77.3 Å². The van der Waals surface area contributed by atoms with Crippen molar-refractivity contribution >= 4 is 98.0 Å². The number of fused-ring (bicyclic) bond motifs is 11. The van der Waals surface area contributed by atoms with Crippen molar-refractivity contribution in [2.75, 3.05) is 0 Å². The quantitative estimate of drug-likeness (QED) is 0.117. The van der Waals surface area contributed by atoms with E-state index >= 15 is 0 Å². The maximum atomic E-state index is 5.50. The highest BCUT2D eigenvalue weighted by Crippen LogP contribution is 2.44. The van der Waals surface area contributed by atoms with Crippen LogP contribution < -0.4 is 0 Å². The highest BCUT2D eigenvalue weighted by Gasteiger charge is 2.20. The summed E-state index contributed by atoms with van der Waals surface area (Å²) in [5, 5.41) is 11.0. The van der Waals surface area contributed by atoms with Gasteiger partial charge in [-0.15, -0.1) is 0 Å². The molecule has 0 amide bonds. The number of rotatable bonds is 7. The molecule has 0 N–H and O–H groups in total. The Labute approximate surface area is 482 Å². The van der Waals surface area contributed by atoms with Gasteiger partial charge in [0.2, 0.25) is 0 Å². The summed E-state index contributed by atoms with van der Waals surface area (Å²) in [5.41, 5.74) is 23.3. The van der Waals surface area contributed by atoms with Crippen LogP contribution in [-0.2, 0) is 0 Å². The highest BCUT2D eigenvalue weighted by molar-refractivity contribution is 6.20. The van der Waals surface area contributed by atoms with E-state index in [1.54, 1.807) is 0 Å². The third-order valence-corrected chi connectivity index (χ3v) is 17.0. The summed E-state index contributed by atoms with van der Waals surface area (Å²) in [7, 11) is 0. The van der Waals surface area contributed by atoms with Crippen molar-refractivity contribution in [1.82, 2.24) is 29.9 Å². The Hall–Kier alpha value is -11.3. The summed E-state index contributed by atoms with van der Waals surface area (Å²) in [6, 6.07) is 91.7. The van der Waals surface area contributed by atoms with Crippen LogP contribution in [0.25, 0.3) is 176 Å². The van der Waals surface area contributed by atoms with Gasteiger partial charge < -0.3 is 0 Å². The van der Waals surface area contributed by atoms with Crippen LogP contribution in [0.4, 0.5) is 0 Å². The summed E-state index contributed by atoms with van der Waals surface area (Å²) in [6.07, 6.45) is 7.47. The molecule has 0 aliphatic carbocycles. The maximum Gasteiger partial charge on any atom is 0.0978 e. The molecule has 0 aliphatic rings. The Balaban J connectivity index is 0.747. The molecule has 6 aromatic heterocycles. The lowest BCUT2D eigenvalue weighted by Crippen LogP contribution is -1.94. The summed E-state index contributed by atoms with van der Waals surface area (Å²) in [4.78, 5) is 30.0. The lowest BCUT2D eigenvalue weighted by Gasteiger charge is -2.16. The maximum absolute atomic E-state index is 5.50. The smallest absolute Gasteiger partial charge is 0.0978 e. The van der Waals surface area contributed by atoms with E-state index in [0.717, 1.165) is 132 Å². The molecular weight excluding hydrogens is 1020 g/mol. The zero-order valence-electron chi connectivity index (χ0n) is 45.2. The van der Waals surface area contributed by atoms with Gasteiger partial charge in [0.25, 0.3) is 0 Å². The van der Waals surface area contributed by atoms with E-state index in [4.69, 9.17) is 19.9 Å². The molecule has 17 rings (SSSR count). The second-order valence-electron chi connectivity index (χ2n) is 21.8. The van der Waals surface area contributed by atoms with E-state index in [1.165, 1.54) is 44.2 Å². The van der Waals surface area contributed by atoms with Gasteiger partial charge in [0, 0.05) is 79.0 Å². The van der Waals surface area contributed by atoms with Gasteiger partial charge in [-0.2, -0.15) is 0 Å². The van der Waals surface area contributed by atoms with Gasteiger partial charge in [-0.25, -0.2) is 9.97 Å². The summed E-state index contributed by atoms with van der Waals surface area (Å²) >= 11 is 0. The van der Waals surface area contributed by atoms with Crippen LogP contribution in [0, 0.1) is 0 Å². The molecule has 388 valence electrons. The van der Waals surface area contributed by atoms with Crippen LogP contribution in [0.2, 0.25) is 0 Å². The van der Waals surface area contributed by atoms with E-state index in [0.29, 0.717) is 0 Å². The minimum atomic E-state index is 0.853. The van der Waals surface area contributed by atoms with Crippen molar-refractivity contribution in [3.8, 4) is 77.9 Å². The van der Waals surface area contributed by atoms with Crippen molar-refractivity contribution in [1.29, 1.82) is 0 Å². The molecule has 6 heteroatoms. The molecular formula is C78H46N6. The SMILES string of the molecule is c1cc(-c2ccc(-c3ccc4ncccc4c3)cc2)cc(-c2c3ccccc3nc3c2ccc2c(-c4ccc5c(-c6ccc7cc(-c8ccc(-c9ccc%10ncccc%10c9)cc8)ccc7c6)c6ccc7cccnc7c6nc5c4)ccnc23)c1. The van der Waals surface area contributed by atoms with Crippen LogP contribution >= 0.6 is 0 Å². The average Bonchev–Trinajstić information content (AvgIpc) is 2.69. The molecule has 11 aromatic carbocycles. The fraction of sp³-hybridized carbons (Fsp3) is 0. The first-order valence-corrected chi connectivity index (χ1v) is 28.4. The zero-order valence-corrected chi connectivity index (χ0v) is 45.2. The van der Waals surface area contributed by atoms with Gasteiger partial charge >= 0.3 is 0 Å². The Kier molecular flexibility index (Phi) is 10.8. The Morgan fingerprint density at radius 3 is 1.33 bits per heavy atom. The fourth-order valence-corrected chi connectivity index (χ4v) is 12.8. The van der Waals surface area contributed by atoms with Crippen molar-refractivity contribution in [2.24, 2.45) is 0 Å². The molecule has 84 heavy (non-hydrogen) atoms. The Morgan fingerprint density at radius 1 is 0.190 bits per heavy atom. The molecule has 6 nitrogen and oxygen atoms in total. The number of para-hydroxylation sites is 1. The number of hydrogen-bond acceptors (Lipinski definition) is 6.